The number of aromatic nitrogens is 3. The molecule has 6 nitrogen and oxygen atoms in total. The Hall–Kier alpha value is -3.09. The van der Waals surface area contributed by atoms with E-state index in [1.807, 2.05) is 43.3 Å². The summed E-state index contributed by atoms with van der Waals surface area (Å²) in [5.74, 6) is 0.0839. The lowest BCUT2D eigenvalue weighted by atomic mass is 10.1. The number of nitrogens with one attached hydrogen (secondary N) is 1. The highest BCUT2D eigenvalue weighted by Gasteiger charge is 2.18. The lowest BCUT2D eigenvalue weighted by Gasteiger charge is -2.16. The van der Waals surface area contributed by atoms with Crippen molar-refractivity contribution in [2.24, 2.45) is 0 Å². The smallest absolute Gasteiger partial charge is 0.265 e. The van der Waals surface area contributed by atoms with Crippen LogP contribution < -0.4 is 10.1 Å². The number of anilines is 1. The van der Waals surface area contributed by atoms with Gasteiger partial charge in [-0.05, 0) is 61.9 Å². The molecule has 4 rings (SSSR count). The number of aryl methyl sites for hydroxylation is 1. The molecule has 1 atom stereocenters. The Bertz CT molecular complexity index is 1220. The molecule has 1 aromatic heterocycles. The summed E-state index contributed by atoms with van der Waals surface area (Å²) in [6.45, 7) is 3.55. The molecule has 0 saturated heterocycles. The van der Waals surface area contributed by atoms with E-state index < -0.39 is 6.10 Å². The summed E-state index contributed by atoms with van der Waals surface area (Å²) >= 11 is 12.0. The molecule has 1 unspecified atom stereocenters. The van der Waals surface area contributed by atoms with Gasteiger partial charge in [0.25, 0.3) is 5.91 Å². The summed E-state index contributed by atoms with van der Waals surface area (Å²) in [6, 6.07) is 18.2. The third-order valence-corrected chi connectivity index (χ3v) is 5.07. The van der Waals surface area contributed by atoms with Gasteiger partial charge in [-0.25, -0.2) is 0 Å². The Morgan fingerprint density at radius 3 is 2.43 bits per heavy atom. The summed E-state index contributed by atoms with van der Waals surface area (Å²) in [6.07, 6.45) is -0.765. The third-order valence-electron chi connectivity index (χ3n) is 4.54. The molecular weight excluding hydrogens is 423 g/mol. The van der Waals surface area contributed by atoms with Gasteiger partial charge in [-0.2, -0.15) is 4.80 Å². The van der Waals surface area contributed by atoms with E-state index >= 15 is 0 Å². The number of fused-ring (bicyclic) bond motifs is 1. The second-order valence-corrected chi connectivity index (χ2v) is 7.65. The van der Waals surface area contributed by atoms with Crippen LogP contribution in [-0.2, 0) is 4.79 Å². The molecule has 0 bridgehead atoms. The zero-order valence-corrected chi connectivity index (χ0v) is 17.8. The van der Waals surface area contributed by atoms with Crippen LogP contribution in [0.2, 0.25) is 10.0 Å². The molecule has 0 saturated carbocycles. The minimum absolute atomic E-state index is 0.307. The maximum atomic E-state index is 12.7. The number of carbonyl (C=O) groups is 1. The van der Waals surface area contributed by atoms with Gasteiger partial charge in [0.2, 0.25) is 0 Å². The van der Waals surface area contributed by atoms with Crippen LogP contribution in [0.5, 0.6) is 5.75 Å². The summed E-state index contributed by atoms with van der Waals surface area (Å²) < 4.78 is 5.69. The molecule has 0 radical (unpaired) electrons. The van der Waals surface area contributed by atoms with Crippen molar-refractivity contribution in [3.8, 4) is 11.4 Å². The molecule has 0 aliphatic heterocycles. The van der Waals surface area contributed by atoms with Gasteiger partial charge in [-0.3, -0.25) is 4.79 Å². The van der Waals surface area contributed by atoms with Gasteiger partial charge in [-0.1, -0.05) is 41.4 Å². The minimum Gasteiger partial charge on any atom is -0.479 e. The maximum absolute atomic E-state index is 12.7. The fraction of sp³-hybridized carbons (Fsp3) is 0.136. The number of halogens is 2. The Kier molecular flexibility index (Phi) is 5.61. The molecule has 4 aromatic rings. The summed E-state index contributed by atoms with van der Waals surface area (Å²) in [7, 11) is 0. The van der Waals surface area contributed by atoms with Gasteiger partial charge in [0.05, 0.1) is 10.7 Å². The molecule has 1 N–H and O–H groups in total. The Morgan fingerprint density at radius 1 is 1.03 bits per heavy atom. The van der Waals surface area contributed by atoms with Crippen molar-refractivity contribution in [3.05, 3.63) is 76.3 Å². The Balaban J connectivity index is 1.53. The lowest BCUT2D eigenvalue weighted by Crippen LogP contribution is -2.30. The highest BCUT2D eigenvalue weighted by atomic mass is 35.5. The van der Waals surface area contributed by atoms with E-state index in [0.717, 1.165) is 16.8 Å². The van der Waals surface area contributed by atoms with E-state index in [9.17, 15) is 4.79 Å². The number of hydrogen-bond acceptors (Lipinski definition) is 4. The summed E-state index contributed by atoms with van der Waals surface area (Å²) in [4.78, 5) is 14.2. The van der Waals surface area contributed by atoms with Gasteiger partial charge in [0.1, 0.15) is 16.8 Å². The number of amides is 1. The molecule has 8 heteroatoms. The van der Waals surface area contributed by atoms with Crippen LogP contribution >= 0.6 is 23.2 Å². The normalized spacial score (nSPS) is 12.0. The fourth-order valence-electron chi connectivity index (χ4n) is 2.93. The van der Waals surface area contributed by atoms with Crippen LogP contribution in [0.1, 0.15) is 12.5 Å². The van der Waals surface area contributed by atoms with E-state index in [1.165, 1.54) is 0 Å². The molecule has 0 aliphatic carbocycles. The first kappa shape index (κ1) is 20.2. The largest absolute Gasteiger partial charge is 0.479 e. The number of hydrogen-bond donors (Lipinski definition) is 1. The molecule has 1 amide bonds. The highest BCUT2D eigenvalue weighted by molar-refractivity contribution is 6.35. The molecular formula is C22H18Cl2N4O2. The molecule has 0 fully saturated rings. The predicted molar refractivity (Wildman–Crippen MR) is 119 cm³/mol. The molecule has 0 aliphatic rings. The first-order valence-corrected chi connectivity index (χ1v) is 10.0. The monoisotopic (exact) mass is 440 g/mol. The topological polar surface area (TPSA) is 69.0 Å². The number of benzene rings is 3. The molecule has 1 heterocycles. The minimum atomic E-state index is -0.765. The zero-order valence-electron chi connectivity index (χ0n) is 16.3. The van der Waals surface area contributed by atoms with Crippen LogP contribution in [0.25, 0.3) is 16.7 Å². The zero-order chi connectivity index (χ0) is 21.3. The van der Waals surface area contributed by atoms with Crippen molar-refractivity contribution in [2.75, 3.05) is 5.32 Å². The van der Waals surface area contributed by atoms with E-state index in [0.29, 0.717) is 27.0 Å². The van der Waals surface area contributed by atoms with Gasteiger partial charge >= 0.3 is 0 Å². The van der Waals surface area contributed by atoms with Crippen molar-refractivity contribution >= 4 is 45.8 Å². The standard InChI is InChI=1S/C22H18Cl2N4O2/c1-13-10-19-20(27-28(26-19)16-6-4-3-5-7-16)12-18(13)25-22(29)14(2)30-21-9-8-15(23)11-17(21)24/h3-12,14H,1-2H3,(H,25,29). The van der Waals surface area contributed by atoms with Gasteiger partial charge in [0.15, 0.2) is 6.10 Å². The van der Waals surface area contributed by atoms with Crippen LogP contribution in [-0.4, -0.2) is 27.0 Å². The number of nitrogens with zero attached hydrogens (tertiary/aromatic N) is 3. The SMILES string of the molecule is Cc1cc2nn(-c3ccccc3)nc2cc1NC(=O)C(C)Oc1ccc(Cl)cc1Cl. The van der Waals surface area contributed by atoms with E-state index in [1.54, 1.807) is 36.0 Å². The van der Waals surface area contributed by atoms with Crippen LogP contribution in [0.15, 0.2) is 60.7 Å². The second kappa shape index (κ2) is 8.34. The first-order valence-electron chi connectivity index (χ1n) is 9.26. The maximum Gasteiger partial charge on any atom is 0.265 e. The van der Waals surface area contributed by atoms with E-state index in [2.05, 4.69) is 15.5 Å². The van der Waals surface area contributed by atoms with E-state index in [-0.39, 0.29) is 5.91 Å². The predicted octanol–water partition coefficient (Wildman–Crippen LogP) is 5.44. The molecule has 3 aromatic carbocycles. The number of ether oxygens (including phenoxy) is 1. The second-order valence-electron chi connectivity index (χ2n) is 6.80. The van der Waals surface area contributed by atoms with Crippen molar-refractivity contribution in [2.45, 2.75) is 20.0 Å². The number of para-hydroxylation sites is 1. The average Bonchev–Trinajstić information content (AvgIpc) is 3.13. The molecule has 30 heavy (non-hydrogen) atoms. The van der Waals surface area contributed by atoms with Crippen LogP contribution in [0.4, 0.5) is 5.69 Å². The number of rotatable bonds is 5. The van der Waals surface area contributed by atoms with Crippen LogP contribution in [0.3, 0.4) is 0 Å². The van der Waals surface area contributed by atoms with Crippen molar-refractivity contribution in [1.82, 2.24) is 15.0 Å². The Morgan fingerprint density at radius 2 is 1.73 bits per heavy atom. The summed E-state index contributed by atoms with van der Waals surface area (Å²) in [5.41, 5.74) is 3.79. The van der Waals surface area contributed by atoms with Crippen LogP contribution in [0, 0.1) is 6.92 Å². The fourth-order valence-corrected chi connectivity index (χ4v) is 3.38. The molecule has 152 valence electrons. The van der Waals surface area contributed by atoms with Gasteiger partial charge < -0.3 is 10.1 Å². The van der Waals surface area contributed by atoms with E-state index in [4.69, 9.17) is 27.9 Å². The quantitative estimate of drug-likeness (QED) is 0.448. The third kappa shape index (κ3) is 4.25. The lowest BCUT2D eigenvalue weighted by molar-refractivity contribution is -0.122. The number of carbonyl (C=O) groups excluding carboxylic acids is 1. The molecule has 0 spiro atoms. The first-order chi connectivity index (χ1) is 14.4. The van der Waals surface area contributed by atoms with Gasteiger partial charge in [-0.15, -0.1) is 10.2 Å². The van der Waals surface area contributed by atoms with Gasteiger partial charge in [0, 0.05) is 10.7 Å². The van der Waals surface area contributed by atoms with Crippen molar-refractivity contribution in [3.63, 3.8) is 0 Å². The summed E-state index contributed by atoms with van der Waals surface area (Å²) in [5, 5.41) is 12.8. The van der Waals surface area contributed by atoms with Crippen molar-refractivity contribution < 1.29 is 9.53 Å². The van der Waals surface area contributed by atoms with Crippen molar-refractivity contribution in [1.29, 1.82) is 0 Å². The Labute approximate surface area is 183 Å². The average molecular weight is 441 g/mol. The highest BCUT2D eigenvalue weighted by Crippen LogP contribution is 2.29.